The van der Waals surface area contributed by atoms with Crippen LogP contribution in [-0.2, 0) is 9.47 Å². The summed E-state index contributed by atoms with van der Waals surface area (Å²) in [6.45, 7) is 9.96. The number of aliphatic imine (C=N–C) groups is 1. The highest BCUT2D eigenvalue weighted by molar-refractivity contribution is 5.79. The number of hydrogen-bond donors (Lipinski definition) is 3. The van der Waals surface area contributed by atoms with Gasteiger partial charge < -0.3 is 25.2 Å². The Labute approximate surface area is 153 Å². The van der Waals surface area contributed by atoms with Gasteiger partial charge in [-0.1, -0.05) is 33.1 Å². The van der Waals surface area contributed by atoms with Crippen molar-refractivity contribution < 1.29 is 14.6 Å². The van der Waals surface area contributed by atoms with Gasteiger partial charge in [0, 0.05) is 26.3 Å². The van der Waals surface area contributed by atoms with Gasteiger partial charge in [-0.15, -0.1) is 0 Å². The fourth-order valence-electron chi connectivity index (χ4n) is 2.79. The van der Waals surface area contributed by atoms with Crippen molar-refractivity contribution in [2.75, 3.05) is 39.5 Å². The molecule has 1 rings (SSSR count). The summed E-state index contributed by atoms with van der Waals surface area (Å²) < 4.78 is 11.4. The molecule has 3 N–H and O–H groups in total. The van der Waals surface area contributed by atoms with Gasteiger partial charge >= 0.3 is 0 Å². The molecule has 0 amide bonds. The summed E-state index contributed by atoms with van der Waals surface area (Å²) in [6, 6.07) is 0. The molecule has 0 aliphatic heterocycles. The summed E-state index contributed by atoms with van der Waals surface area (Å²) in [7, 11) is 0. The molecular formula is C19H39N3O3. The first-order valence-electron chi connectivity index (χ1n) is 10.0. The van der Waals surface area contributed by atoms with E-state index in [-0.39, 0.29) is 0 Å². The molecule has 6 nitrogen and oxygen atoms in total. The zero-order valence-corrected chi connectivity index (χ0v) is 16.4. The molecule has 6 heteroatoms. The van der Waals surface area contributed by atoms with Crippen molar-refractivity contribution in [2.24, 2.45) is 10.9 Å². The van der Waals surface area contributed by atoms with Gasteiger partial charge in [0.1, 0.15) is 0 Å². The number of ether oxygens (including phenoxy) is 2. The average Bonchev–Trinajstić information content (AvgIpc) is 2.60. The van der Waals surface area contributed by atoms with E-state index < -0.39 is 6.10 Å². The van der Waals surface area contributed by atoms with Crippen LogP contribution < -0.4 is 10.6 Å². The molecule has 0 aromatic carbocycles. The molecule has 0 saturated heterocycles. The molecule has 1 aliphatic carbocycles. The highest BCUT2D eigenvalue weighted by Crippen LogP contribution is 2.20. The van der Waals surface area contributed by atoms with E-state index in [4.69, 9.17) is 9.47 Å². The van der Waals surface area contributed by atoms with E-state index in [0.29, 0.717) is 31.8 Å². The van der Waals surface area contributed by atoms with Gasteiger partial charge in [-0.3, -0.25) is 4.99 Å². The van der Waals surface area contributed by atoms with E-state index in [1.54, 1.807) is 0 Å². The lowest BCUT2D eigenvalue weighted by Gasteiger charge is -2.22. The third kappa shape index (κ3) is 12.2. The monoisotopic (exact) mass is 357 g/mol. The minimum absolute atomic E-state index is 0.330. The van der Waals surface area contributed by atoms with Crippen molar-refractivity contribution in [1.29, 1.82) is 0 Å². The van der Waals surface area contributed by atoms with Crippen molar-refractivity contribution in [3.63, 3.8) is 0 Å². The van der Waals surface area contributed by atoms with Crippen molar-refractivity contribution in [2.45, 2.75) is 71.5 Å². The Hall–Kier alpha value is -0.850. The number of hydrogen-bond acceptors (Lipinski definition) is 4. The minimum Gasteiger partial charge on any atom is -0.389 e. The largest absolute Gasteiger partial charge is 0.389 e. The van der Waals surface area contributed by atoms with Crippen LogP contribution in [0.5, 0.6) is 0 Å². The molecule has 0 aromatic heterocycles. The lowest BCUT2D eigenvalue weighted by atomic mass is 9.98. The number of nitrogens with zero attached hydrogens (tertiary/aromatic N) is 1. The van der Waals surface area contributed by atoms with Crippen LogP contribution in [0.15, 0.2) is 4.99 Å². The molecule has 1 unspecified atom stereocenters. The van der Waals surface area contributed by atoms with Crippen LogP contribution >= 0.6 is 0 Å². The van der Waals surface area contributed by atoms with Gasteiger partial charge in [0.05, 0.1) is 25.4 Å². The quantitative estimate of drug-likeness (QED) is 0.284. The molecule has 148 valence electrons. The second kappa shape index (κ2) is 14.3. The predicted octanol–water partition coefficient (Wildman–Crippen LogP) is 2.31. The summed E-state index contributed by atoms with van der Waals surface area (Å²) in [6.07, 6.45) is 7.27. The highest BCUT2D eigenvalue weighted by atomic mass is 16.5. The van der Waals surface area contributed by atoms with Crippen molar-refractivity contribution in [1.82, 2.24) is 10.6 Å². The fraction of sp³-hybridized carbons (Fsp3) is 0.947. The topological polar surface area (TPSA) is 75.1 Å². The van der Waals surface area contributed by atoms with Crippen LogP contribution in [-0.4, -0.2) is 62.7 Å². The maximum atomic E-state index is 9.93. The first kappa shape index (κ1) is 22.2. The van der Waals surface area contributed by atoms with Crippen LogP contribution in [0.2, 0.25) is 0 Å². The number of aliphatic hydroxyl groups is 1. The van der Waals surface area contributed by atoms with Crippen LogP contribution in [0, 0.1) is 5.92 Å². The molecule has 0 bridgehead atoms. The highest BCUT2D eigenvalue weighted by Gasteiger charge is 2.13. The second-order valence-electron chi connectivity index (χ2n) is 7.22. The van der Waals surface area contributed by atoms with E-state index in [9.17, 15) is 5.11 Å². The summed E-state index contributed by atoms with van der Waals surface area (Å²) >= 11 is 0. The van der Waals surface area contributed by atoms with E-state index in [1.807, 2.05) is 6.92 Å². The number of nitrogens with one attached hydrogen (secondary N) is 2. The van der Waals surface area contributed by atoms with Crippen LogP contribution in [0.4, 0.5) is 0 Å². The van der Waals surface area contributed by atoms with Crippen LogP contribution in [0.25, 0.3) is 0 Å². The minimum atomic E-state index is -0.566. The fourth-order valence-corrected chi connectivity index (χ4v) is 2.79. The lowest BCUT2D eigenvalue weighted by molar-refractivity contribution is 0.0276. The summed E-state index contributed by atoms with van der Waals surface area (Å²) in [5.74, 6) is 1.22. The Morgan fingerprint density at radius 2 is 1.92 bits per heavy atom. The Balaban J connectivity index is 2.14. The third-order valence-electron chi connectivity index (χ3n) is 4.09. The van der Waals surface area contributed by atoms with Gasteiger partial charge in [0.25, 0.3) is 0 Å². The van der Waals surface area contributed by atoms with Crippen LogP contribution in [0.1, 0.15) is 59.3 Å². The molecule has 0 spiro atoms. The summed E-state index contributed by atoms with van der Waals surface area (Å²) in [4.78, 5) is 4.42. The zero-order chi connectivity index (χ0) is 18.3. The van der Waals surface area contributed by atoms with E-state index >= 15 is 0 Å². The molecular weight excluding hydrogens is 318 g/mol. The predicted molar refractivity (Wildman–Crippen MR) is 103 cm³/mol. The van der Waals surface area contributed by atoms with Crippen molar-refractivity contribution in [3.8, 4) is 0 Å². The molecule has 1 atom stereocenters. The Morgan fingerprint density at radius 1 is 1.16 bits per heavy atom. The SMILES string of the molecule is CCNC(=NCC(O)COCC(C)C)NCCCOC1CCCCC1. The first-order valence-corrected chi connectivity index (χ1v) is 10.0. The zero-order valence-electron chi connectivity index (χ0n) is 16.4. The van der Waals surface area contributed by atoms with Crippen LogP contribution in [0.3, 0.4) is 0 Å². The molecule has 1 aliphatic rings. The van der Waals surface area contributed by atoms with Gasteiger partial charge in [-0.05, 0) is 32.1 Å². The number of rotatable bonds is 12. The Bertz CT molecular complexity index is 345. The van der Waals surface area contributed by atoms with Crippen molar-refractivity contribution in [3.05, 3.63) is 0 Å². The molecule has 1 fully saturated rings. The number of aliphatic hydroxyl groups excluding tert-OH is 1. The third-order valence-corrected chi connectivity index (χ3v) is 4.09. The van der Waals surface area contributed by atoms with Gasteiger partial charge in [0.15, 0.2) is 5.96 Å². The van der Waals surface area contributed by atoms with Gasteiger partial charge in [0.2, 0.25) is 0 Å². The standard InChI is InChI=1S/C19H39N3O3/c1-4-20-19(22-13-17(23)15-24-14-16(2)3)21-11-8-12-25-18-9-6-5-7-10-18/h16-18,23H,4-15H2,1-3H3,(H2,20,21,22). The molecule has 0 aromatic rings. The van der Waals surface area contributed by atoms with E-state index in [1.165, 1.54) is 32.1 Å². The molecule has 0 radical (unpaired) electrons. The Kier molecular flexibility index (Phi) is 12.7. The maximum absolute atomic E-state index is 9.93. The maximum Gasteiger partial charge on any atom is 0.191 e. The lowest BCUT2D eigenvalue weighted by Crippen LogP contribution is -2.39. The molecule has 25 heavy (non-hydrogen) atoms. The Morgan fingerprint density at radius 3 is 2.60 bits per heavy atom. The summed E-state index contributed by atoms with van der Waals surface area (Å²) in [5, 5.41) is 16.4. The molecule has 0 heterocycles. The van der Waals surface area contributed by atoms with Gasteiger partial charge in [-0.2, -0.15) is 0 Å². The summed E-state index contributed by atoms with van der Waals surface area (Å²) in [5.41, 5.74) is 0. The second-order valence-corrected chi connectivity index (χ2v) is 7.22. The van der Waals surface area contributed by atoms with Crippen molar-refractivity contribution >= 4 is 5.96 Å². The van der Waals surface area contributed by atoms with E-state index in [2.05, 4.69) is 29.5 Å². The number of guanidine groups is 1. The first-order chi connectivity index (χ1) is 12.1. The normalized spacial score (nSPS) is 17.7. The van der Waals surface area contributed by atoms with Gasteiger partial charge in [-0.25, -0.2) is 0 Å². The smallest absolute Gasteiger partial charge is 0.191 e. The molecule has 1 saturated carbocycles. The average molecular weight is 358 g/mol. The van der Waals surface area contributed by atoms with E-state index in [0.717, 1.165) is 32.1 Å².